The van der Waals surface area contributed by atoms with Crippen LogP contribution in [0, 0.1) is 0 Å². The predicted octanol–water partition coefficient (Wildman–Crippen LogP) is 0.588. The molecule has 1 aliphatic rings. The summed E-state index contributed by atoms with van der Waals surface area (Å²) in [7, 11) is 0. The molecule has 0 spiro atoms. The van der Waals surface area contributed by atoms with E-state index in [1.54, 1.807) is 19.1 Å². The molecule has 0 saturated carbocycles. The van der Waals surface area contributed by atoms with Crippen molar-refractivity contribution in [2.75, 3.05) is 0 Å². The van der Waals surface area contributed by atoms with Crippen LogP contribution in [0.25, 0.3) is 0 Å². The number of hydrogen-bond donors (Lipinski definition) is 1. The number of cyclic esters (lactones) is 1. The maximum absolute atomic E-state index is 11.1. The molecule has 14 heavy (non-hydrogen) atoms. The zero-order valence-corrected chi connectivity index (χ0v) is 8.10. The second-order valence-corrected chi connectivity index (χ2v) is 3.45. The van der Waals surface area contributed by atoms with Crippen molar-refractivity contribution in [3.8, 4) is 0 Å². The first-order chi connectivity index (χ1) is 6.58. The normalized spacial score (nSPS) is 32.1. The first-order valence-electron chi connectivity index (χ1n) is 4.64. The van der Waals surface area contributed by atoms with Crippen LogP contribution in [0.4, 0.5) is 0 Å². The molecule has 0 amide bonds. The Balaban J connectivity index is 2.65. The van der Waals surface area contributed by atoms with Crippen LogP contribution in [-0.2, 0) is 14.3 Å². The lowest BCUT2D eigenvalue weighted by molar-refractivity contribution is -0.151. The molecule has 0 bridgehead atoms. The summed E-state index contributed by atoms with van der Waals surface area (Å²) >= 11 is 0. The molecule has 0 unspecified atom stereocenters. The standard InChI is InChI=1S/C10H14O4/c1-7-5-8(11)3-2-4-9(12)6-10(13)14-7/h2-3,7-8,11H,4-6H2,1H3/b3-2-/t7-,8+/m0/s1. The van der Waals surface area contributed by atoms with Crippen molar-refractivity contribution < 1.29 is 19.4 Å². The summed E-state index contributed by atoms with van der Waals surface area (Å²) in [6, 6.07) is 0. The molecule has 1 heterocycles. The van der Waals surface area contributed by atoms with E-state index in [-0.39, 0.29) is 24.7 Å². The molecule has 0 aromatic heterocycles. The Morgan fingerprint density at radius 2 is 2.21 bits per heavy atom. The quantitative estimate of drug-likeness (QED) is 0.351. The molecule has 78 valence electrons. The van der Waals surface area contributed by atoms with Gasteiger partial charge < -0.3 is 9.84 Å². The van der Waals surface area contributed by atoms with Crippen molar-refractivity contribution in [2.24, 2.45) is 0 Å². The van der Waals surface area contributed by atoms with Crippen molar-refractivity contribution in [1.82, 2.24) is 0 Å². The van der Waals surface area contributed by atoms with Gasteiger partial charge in [0.05, 0.1) is 6.10 Å². The van der Waals surface area contributed by atoms with E-state index in [2.05, 4.69) is 0 Å². The molecule has 2 atom stereocenters. The van der Waals surface area contributed by atoms with Gasteiger partial charge in [0.15, 0.2) is 0 Å². The first-order valence-corrected chi connectivity index (χ1v) is 4.64. The molecule has 1 N–H and O–H groups in total. The number of esters is 1. The minimum Gasteiger partial charge on any atom is -0.462 e. The number of Topliss-reactive ketones (excluding diaryl/α,β-unsaturated/α-hetero) is 1. The van der Waals surface area contributed by atoms with Crippen LogP contribution in [-0.4, -0.2) is 29.1 Å². The zero-order valence-electron chi connectivity index (χ0n) is 8.10. The number of carbonyl (C=O) groups excluding carboxylic acids is 2. The number of ketones is 1. The number of hydrogen-bond acceptors (Lipinski definition) is 4. The number of carbonyl (C=O) groups is 2. The molecule has 4 nitrogen and oxygen atoms in total. The molecule has 0 radical (unpaired) electrons. The second kappa shape index (κ2) is 4.91. The number of rotatable bonds is 0. The zero-order chi connectivity index (χ0) is 10.6. The Kier molecular flexibility index (Phi) is 3.83. The smallest absolute Gasteiger partial charge is 0.313 e. The Labute approximate surface area is 82.6 Å². The monoisotopic (exact) mass is 198 g/mol. The van der Waals surface area contributed by atoms with Gasteiger partial charge in [-0.2, -0.15) is 0 Å². The van der Waals surface area contributed by atoms with Gasteiger partial charge in [0.1, 0.15) is 18.3 Å². The van der Waals surface area contributed by atoms with Gasteiger partial charge >= 0.3 is 5.97 Å². The molecule has 1 rings (SSSR count). The van der Waals surface area contributed by atoms with E-state index in [0.29, 0.717) is 6.42 Å². The molecule has 0 aromatic carbocycles. The molecule has 0 aliphatic carbocycles. The highest BCUT2D eigenvalue weighted by Crippen LogP contribution is 2.08. The lowest BCUT2D eigenvalue weighted by Crippen LogP contribution is -2.22. The molecule has 0 aromatic rings. The molecule has 0 saturated heterocycles. The van der Waals surface area contributed by atoms with Crippen LogP contribution in [0.2, 0.25) is 0 Å². The van der Waals surface area contributed by atoms with Crippen LogP contribution in [0.1, 0.15) is 26.2 Å². The van der Waals surface area contributed by atoms with E-state index < -0.39 is 12.1 Å². The van der Waals surface area contributed by atoms with Gasteiger partial charge in [-0.15, -0.1) is 0 Å². The molecular weight excluding hydrogens is 184 g/mol. The minimum atomic E-state index is -0.649. The third-order valence-electron chi connectivity index (χ3n) is 1.95. The first kappa shape index (κ1) is 10.9. The molecule has 1 aliphatic heterocycles. The Hall–Kier alpha value is -1.16. The van der Waals surface area contributed by atoms with E-state index in [0.717, 1.165) is 0 Å². The van der Waals surface area contributed by atoms with E-state index in [1.165, 1.54) is 0 Å². The van der Waals surface area contributed by atoms with E-state index in [9.17, 15) is 14.7 Å². The van der Waals surface area contributed by atoms with Crippen LogP contribution >= 0.6 is 0 Å². The topological polar surface area (TPSA) is 63.6 Å². The van der Waals surface area contributed by atoms with E-state index in [1.807, 2.05) is 0 Å². The summed E-state index contributed by atoms with van der Waals surface area (Å²) in [6.45, 7) is 1.70. The van der Waals surface area contributed by atoms with E-state index in [4.69, 9.17) is 4.74 Å². The highest BCUT2D eigenvalue weighted by Gasteiger charge is 2.16. The predicted molar refractivity (Wildman–Crippen MR) is 49.6 cm³/mol. The maximum atomic E-state index is 11.1. The Morgan fingerprint density at radius 1 is 1.50 bits per heavy atom. The number of aliphatic hydroxyl groups is 1. The summed E-state index contributed by atoms with van der Waals surface area (Å²) in [5.74, 6) is -0.697. The minimum absolute atomic E-state index is 0.176. The highest BCUT2D eigenvalue weighted by molar-refractivity contribution is 5.96. The van der Waals surface area contributed by atoms with Gasteiger partial charge in [-0.1, -0.05) is 12.2 Å². The lowest BCUT2D eigenvalue weighted by atomic mass is 10.1. The average Bonchev–Trinajstić information content (AvgIpc) is 2.01. The van der Waals surface area contributed by atoms with E-state index >= 15 is 0 Å². The van der Waals surface area contributed by atoms with Gasteiger partial charge in [-0.3, -0.25) is 9.59 Å². The fraction of sp³-hybridized carbons (Fsp3) is 0.600. The average molecular weight is 198 g/mol. The van der Waals surface area contributed by atoms with Gasteiger partial charge in [0, 0.05) is 12.8 Å². The third kappa shape index (κ3) is 3.70. The fourth-order valence-electron chi connectivity index (χ4n) is 1.32. The lowest BCUT2D eigenvalue weighted by Gasteiger charge is -2.16. The third-order valence-corrected chi connectivity index (χ3v) is 1.95. The number of ether oxygens (including phenoxy) is 1. The van der Waals surface area contributed by atoms with Crippen molar-refractivity contribution in [3.05, 3.63) is 12.2 Å². The van der Waals surface area contributed by atoms with Crippen LogP contribution in [0.3, 0.4) is 0 Å². The number of allylic oxidation sites excluding steroid dienone is 1. The number of aliphatic hydroxyl groups excluding tert-OH is 1. The van der Waals surface area contributed by atoms with Crippen LogP contribution < -0.4 is 0 Å². The van der Waals surface area contributed by atoms with Gasteiger partial charge in [0.2, 0.25) is 0 Å². The molecule has 0 fully saturated rings. The highest BCUT2D eigenvalue weighted by atomic mass is 16.5. The van der Waals surface area contributed by atoms with Gasteiger partial charge in [-0.25, -0.2) is 0 Å². The SMILES string of the molecule is C[C@H]1C[C@H](O)/C=C\CC(=O)CC(=O)O1. The maximum Gasteiger partial charge on any atom is 0.313 e. The Bertz CT molecular complexity index is 257. The van der Waals surface area contributed by atoms with Crippen molar-refractivity contribution in [1.29, 1.82) is 0 Å². The summed E-state index contributed by atoms with van der Waals surface area (Å²) in [6.07, 6.45) is 2.53. The van der Waals surface area contributed by atoms with Crippen molar-refractivity contribution >= 4 is 11.8 Å². The summed E-state index contributed by atoms with van der Waals surface area (Å²) in [5, 5.41) is 9.38. The molecule has 4 heteroatoms. The summed E-state index contributed by atoms with van der Waals surface area (Å²) in [4.78, 5) is 22.2. The van der Waals surface area contributed by atoms with Gasteiger partial charge in [0.25, 0.3) is 0 Å². The largest absolute Gasteiger partial charge is 0.462 e. The summed E-state index contributed by atoms with van der Waals surface area (Å²) < 4.78 is 4.91. The van der Waals surface area contributed by atoms with Crippen LogP contribution in [0.5, 0.6) is 0 Å². The second-order valence-electron chi connectivity index (χ2n) is 3.45. The Morgan fingerprint density at radius 3 is 2.93 bits per heavy atom. The van der Waals surface area contributed by atoms with Crippen LogP contribution in [0.15, 0.2) is 12.2 Å². The van der Waals surface area contributed by atoms with Crippen molar-refractivity contribution in [3.63, 3.8) is 0 Å². The molecular formula is C10H14O4. The van der Waals surface area contributed by atoms with Gasteiger partial charge in [-0.05, 0) is 6.92 Å². The fourth-order valence-corrected chi connectivity index (χ4v) is 1.32. The summed E-state index contributed by atoms with van der Waals surface area (Å²) in [5.41, 5.74) is 0. The van der Waals surface area contributed by atoms with Crippen molar-refractivity contribution in [2.45, 2.75) is 38.4 Å².